The number of hydrogen-bond donors (Lipinski definition) is 1. The molecule has 9 heteroatoms. The Labute approximate surface area is 163 Å². The number of fused-ring (bicyclic) bond motifs is 1. The Morgan fingerprint density at radius 2 is 2.04 bits per heavy atom. The van der Waals surface area contributed by atoms with Gasteiger partial charge in [-0.05, 0) is 30.7 Å². The van der Waals surface area contributed by atoms with Gasteiger partial charge in [0.15, 0.2) is 4.96 Å². The molecule has 1 aromatic carbocycles. The van der Waals surface area contributed by atoms with Gasteiger partial charge in [-0.15, -0.1) is 11.3 Å². The van der Waals surface area contributed by atoms with Gasteiger partial charge in [-0.1, -0.05) is 11.6 Å². The highest BCUT2D eigenvalue weighted by Gasteiger charge is 2.09. The first kappa shape index (κ1) is 19.1. The topological polar surface area (TPSA) is 89.8 Å². The number of nitrogens with one attached hydrogen (secondary N) is 1. The SMILES string of the molecule is O=C(CCCNC(=O)c1ccc(Cl)cc1)OCc1cc(=O)n2ccsc2n1. The molecule has 2 aromatic heterocycles. The highest BCUT2D eigenvalue weighted by Crippen LogP contribution is 2.10. The molecule has 0 radical (unpaired) electrons. The molecule has 0 fully saturated rings. The molecule has 0 aliphatic carbocycles. The van der Waals surface area contributed by atoms with Crippen LogP contribution in [-0.2, 0) is 16.1 Å². The summed E-state index contributed by atoms with van der Waals surface area (Å²) in [6.45, 7) is 0.289. The third kappa shape index (κ3) is 5.15. The molecule has 0 saturated carbocycles. The van der Waals surface area contributed by atoms with E-state index in [1.165, 1.54) is 21.8 Å². The van der Waals surface area contributed by atoms with Crippen LogP contribution in [0, 0.1) is 0 Å². The van der Waals surface area contributed by atoms with Crippen molar-refractivity contribution < 1.29 is 14.3 Å². The normalized spacial score (nSPS) is 10.7. The van der Waals surface area contributed by atoms with Crippen LogP contribution >= 0.6 is 22.9 Å². The fourth-order valence-corrected chi connectivity index (χ4v) is 3.19. The maximum Gasteiger partial charge on any atom is 0.306 e. The van der Waals surface area contributed by atoms with E-state index < -0.39 is 5.97 Å². The van der Waals surface area contributed by atoms with Crippen molar-refractivity contribution in [2.75, 3.05) is 6.54 Å². The maximum atomic E-state index is 11.9. The average Bonchev–Trinajstić information content (AvgIpc) is 3.13. The van der Waals surface area contributed by atoms with Crippen molar-refractivity contribution in [2.24, 2.45) is 0 Å². The smallest absolute Gasteiger partial charge is 0.306 e. The van der Waals surface area contributed by atoms with Gasteiger partial charge >= 0.3 is 5.97 Å². The molecular formula is C18H16ClN3O4S. The molecule has 0 aliphatic heterocycles. The van der Waals surface area contributed by atoms with Gasteiger partial charge in [0, 0.05) is 41.2 Å². The van der Waals surface area contributed by atoms with E-state index in [1.807, 2.05) is 0 Å². The summed E-state index contributed by atoms with van der Waals surface area (Å²) in [5.41, 5.74) is 0.701. The quantitative estimate of drug-likeness (QED) is 0.482. The van der Waals surface area contributed by atoms with Crippen molar-refractivity contribution in [3.8, 4) is 0 Å². The number of esters is 1. The Kier molecular flexibility index (Phi) is 6.20. The maximum absolute atomic E-state index is 11.9. The molecule has 1 amide bonds. The van der Waals surface area contributed by atoms with Crippen molar-refractivity contribution in [3.05, 3.63) is 68.5 Å². The van der Waals surface area contributed by atoms with Gasteiger partial charge in [-0.2, -0.15) is 0 Å². The number of thiazole rings is 1. The van der Waals surface area contributed by atoms with Gasteiger partial charge in [0.2, 0.25) is 0 Å². The largest absolute Gasteiger partial charge is 0.459 e. The number of amides is 1. The third-order valence-electron chi connectivity index (χ3n) is 3.69. The molecule has 0 aliphatic rings. The highest BCUT2D eigenvalue weighted by atomic mass is 35.5. The van der Waals surface area contributed by atoms with Gasteiger partial charge in [0.05, 0.1) is 5.69 Å². The van der Waals surface area contributed by atoms with Crippen LogP contribution in [0.25, 0.3) is 4.96 Å². The summed E-state index contributed by atoms with van der Waals surface area (Å²) in [5.74, 6) is -0.641. The molecule has 0 unspecified atom stereocenters. The number of halogens is 1. The molecule has 1 N–H and O–H groups in total. The zero-order valence-electron chi connectivity index (χ0n) is 14.2. The second-order valence-corrected chi connectivity index (χ2v) is 6.98. The Hall–Kier alpha value is -2.71. The van der Waals surface area contributed by atoms with Crippen LogP contribution < -0.4 is 10.9 Å². The molecule has 3 aromatic rings. The predicted octanol–water partition coefficient (Wildman–Crippen LogP) is 2.66. The van der Waals surface area contributed by atoms with E-state index in [4.69, 9.17) is 16.3 Å². The summed E-state index contributed by atoms with van der Waals surface area (Å²) in [6, 6.07) is 7.89. The van der Waals surface area contributed by atoms with Crippen LogP contribution in [-0.4, -0.2) is 27.8 Å². The highest BCUT2D eigenvalue weighted by molar-refractivity contribution is 7.15. The molecule has 27 heavy (non-hydrogen) atoms. The Morgan fingerprint density at radius 1 is 1.26 bits per heavy atom. The van der Waals surface area contributed by atoms with Crippen molar-refractivity contribution in [1.82, 2.24) is 14.7 Å². The van der Waals surface area contributed by atoms with Gasteiger partial charge in [-0.3, -0.25) is 18.8 Å². The number of benzene rings is 1. The zero-order chi connectivity index (χ0) is 19.2. The first-order valence-corrected chi connectivity index (χ1v) is 9.44. The summed E-state index contributed by atoms with van der Waals surface area (Å²) in [7, 11) is 0. The minimum atomic E-state index is -0.413. The second-order valence-electron chi connectivity index (χ2n) is 5.67. The predicted molar refractivity (Wildman–Crippen MR) is 102 cm³/mol. The minimum absolute atomic E-state index is 0.0559. The molecule has 7 nitrogen and oxygen atoms in total. The van der Waals surface area contributed by atoms with Gasteiger partial charge in [0.1, 0.15) is 6.61 Å². The van der Waals surface area contributed by atoms with E-state index in [9.17, 15) is 14.4 Å². The lowest BCUT2D eigenvalue weighted by molar-refractivity contribution is -0.145. The van der Waals surface area contributed by atoms with Crippen LogP contribution in [0.5, 0.6) is 0 Å². The zero-order valence-corrected chi connectivity index (χ0v) is 15.8. The van der Waals surface area contributed by atoms with E-state index in [1.54, 1.807) is 35.8 Å². The van der Waals surface area contributed by atoms with Crippen molar-refractivity contribution in [2.45, 2.75) is 19.4 Å². The summed E-state index contributed by atoms with van der Waals surface area (Å²) in [5, 5.41) is 5.05. The summed E-state index contributed by atoms with van der Waals surface area (Å²) < 4.78 is 6.57. The first-order chi connectivity index (χ1) is 13.0. The number of rotatable bonds is 7. The molecule has 0 saturated heterocycles. The molecule has 140 valence electrons. The fraction of sp³-hybridized carbons (Fsp3) is 0.222. The van der Waals surface area contributed by atoms with Gasteiger partial charge in [-0.25, -0.2) is 4.98 Å². The Balaban J connectivity index is 1.39. The van der Waals surface area contributed by atoms with E-state index in [2.05, 4.69) is 10.3 Å². The number of carbonyl (C=O) groups is 2. The van der Waals surface area contributed by atoms with Crippen LogP contribution in [0.1, 0.15) is 28.9 Å². The average molecular weight is 406 g/mol. The van der Waals surface area contributed by atoms with Crippen molar-refractivity contribution in [3.63, 3.8) is 0 Å². The monoisotopic (exact) mass is 405 g/mol. The van der Waals surface area contributed by atoms with Crippen molar-refractivity contribution in [1.29, 1.82) is 0 Å². The third-order valence-corrected chi connectivity index (χ3v) is 4.70. The number of carbonyl (C=O) groups excluding carboxylic acids is 2. The Morgan fingerprint density at radius 3 is 2.81 bits per heavy atom. The van der Waals surface area contributed by atoms with Crippen LogP contribution in [0.2, 0.25) is 5.02 Å². The number of nitrogens with zero attached hydrogens (tertiary/aromatic N) is 2. The standard InChI is InChI=1S/C18H16ClN3O4S/c19-13-5-3-12(4-6-13)17(25)20-7-1-2-16(24)26-11-14-10-15(23)22-8-9-27-18(22)21-14/h3-6,8-10H,1-2,7,11H2,(H,20,25). The number of ether oxygens (including phenoxy) is 1. The van der Waals surface area contributed by atoms with E-state index in [-0.39, 0.29) is 24.5 Å². The van der Waals surface area contributed by atoms with Crippen molar-refractivity contribution >= 4 is 39.8 Å². The molecular weight excluding hydrogens is 390 g/mol. The Bertz CT molecular complexity index is 1010. The molecule has 0 atom stereocenters. The van der Waals surface area contributed by atoms with Crippen LogP contribution in [0.15, 0.2) is 46.7 Å². The van der Waals surface area contributed by atoms with E-state index in [0.717, 1.165) is 0 Å². The van der Waals surface area contributed by atoms with Gasteiger partial charge in [0.25, 0.3) is 11.5 Å². The lowest BCUT2D eigenvalue weighted by Gasteiger charge is -2.06. The van der Waals surface area contributed by atoms with E-state index >= 15 is 0 Å². The summed E-state index contributed by atoms with van der Waals surface area (Å²) in [4.78, 5) is 40.4. The molecule has 0 spiro atoms. The molecule has 0 bridgehead atoms. The minimum Gasteiger partial charge on any atom is -0.459 e. The molecule has 3 rings (SSSR count). The lowest BCUT2D eigenvalue weighted by atomic mass is 10.2. The molecule has 2 heterocycles. The number of hydrogen-bond acceptors (Lipinski definition) is 6. The van der Waals surface area contributed by atoms with Gasteiger partial charge < -0.3 is 10.1 Å². The lowest BCUT2D eigenvalue weighted by Crippen LogP contribution is -2.25. The van der Waals surface area contributed by atoms with Crippen LogP contribution in [0.4, 0.5) is 0 Å². The van der Waals surface area contributed by atoms with Crippen LogP contribution in [0.3, 0.4) is 0 Å². The van der Waals surface area contributed by atoms with E-state index in [0.29, 0.717) is 34.2 Å². The number of aromatic nitrogens is 2. The summed E-state index contributed by atoms with van der Waals surface area (Å²) >= 11 is 7.11. The second kappa shape index (κ2) is 8.79. The first-order valence-electron chi connectivity index (χ1n) is 8.18. The fourth-order valence-electron chi connectivity index (χ4n) is 2.33. The summed E-state index contributed by atoms with van der Waals surface area (Å²) in [6.07, 6.45) is 2.24.